The zero-order valence-corrected chi connectivity index (χ0v) is 18.8. The van der Waals surface area contributed by atoms with Crippen LogP contribution in [0.25, 0.3) is 0 Å². The van der Waals surface area contributed by atoms with E-state index in [9.17, 15) is 18.0 Å². The van der Waals surface area contributed by atoms with E-state index in [1.807, 2.05) is 6.92 Å². The summed E-state index contributed by atoms with van der Waals surface area (Å²) in [4.78, 5) is 24.3. The highest BCUT2D eigenvalue weighted by molar-refractivity contribution is 7.87. The summed E-state index contributed by atoms with van der Waals surface area (Å²) < 4.78 is 33.9. The van der Waals surface area contributed by atoms with Gasteiger partial charge >= 0.3 is 16.2 Å². The normalized spacial score (nSPS) is 17.2. The Bertz CT molecular complexity index is 849. The van der Waals surface area contributed by atoms with E-state index in [0.717, 1.165) is 12.8 Å². The van der Waals surface area contributed by atoms with Crippen LogP contribution in [0.3, 0.4) is 0 Å². The first-order valence-corrected chi connectivity index (χ1v) is 11.8. The van der Waals surface area contributed by atoms with Gasteiger partial charge < -0.3 is 15.4 Å². The number of carbonyl (C=O) groups excluding carboxylic acids is 2. The minimum Gasteiger partial charge on any atom is -0.496 e. The maximum Gasteiger partial charge on any atom is 0.329 e. The molecule has 0 bridgehead atoms. The Hall–Kier alpha value is -2.04. The molecule has 3 amide bonds. The average Bonchev–Trinajstić information content (AvgIpc) is 2.72. The van der Waals surface area contributed by atoms with Gasteiger partial charge in [0.05, 0.1) is 12.7 Å². The van der Waals surface area contributed by atoms with Gasteiger partial charge in [0, 0.05) is 30.7 Å². The Morgan fingerprint density at radius 2 is 2.00 bits per heavy atom. The van der Waals surface area contributed by atoms with Gasteiger partial charge in [0.1, 0.15) is 5.75 Å². The molecule has 1 aromatic rings. The van der Waals surface area contributed by atoms with Gasteiger partial charge in [-0.3, -0.25) is 4.79 Å². The molecule has 0 radical (unpaired) electrons. The summed E-state index contributed by atoms with van der Waals surface area (Å²) in [6.45, 7) is 2.87. The van der Waals surface area contributed by atoms with Crippen LogP contribution in [-0.2, 0) is 10.2 Å². The van der Waals surface area contributed by atoms with Crippen molar-refractivity contribution >= 4 is 33.7 Å². The van der Waals surface area contributed by atoms with Crippen molar-refractivity contribution < 1.29 is 22.7 Å². The van der Waals surface area contributed by atoms with Crippen LogP contribution in [0.1, 0.15) is 49.4 Å². The molecule has 11 heteroatoms. The zero-order valence-electron chi connectivity index (χ0n) is 17.2. The van der Waals surface area contributed by atoms with Crippen LogP contribution in [-0.4, -0.2) is 57.4 Å². The molecule has 3 N–H and O–H groups in total. The molecule has 30 heavy (non-hydrogen) atoms. The van der Waals surface area contributed by atoms with Gasteiger partial charge in [-0.25, -0.2) is 9.52 Å². The molecule has 0 spiro atoms. The Morgan fingerprint density at radius 3 is 2.70 bits per heavy atom. The lowest BCUT2D eigenvalue weighted by Crippen LogP contribution is -2.53. The van der Waals surface area contributed by atoms with E-state index in [1.54, 1.807) is 12.1 Å². The number of urea groups is 1. The fraction of sp³-hybridized carbons (Fsp3) is 0.579. The third-order valence-corrected chi connectivity index (χ3v) is 6.58. The highest BCUT2D eigenvalue weighted by Gasteiger charge is 2.33. The quantitative estimate of drug-likeness (QED) is 0.522. The van der Waals surface area contributed by atoms with Crippen molar-refractivity contribution in [2.75, 3.05) is 26.7 Å². The van der Waals surface area contributed by atoms with Crippen molar-refractivity contribution in [3.63, 3.8) is 0 Å². The molecule has 168 valence electrons. The third kappa shape index (κ3) is 6.75. The molecule has 1 aliphatic rings. The lowest BCUT2D eigenvalue weighted by Gasteiger charge is -2.34. The predicted molar refractivity (Wildman–Crippen MR) is 115 cm³/mol. The van der Waals surface area contributed by atoms with Crippen LogP contribution in [0, 0.1) is 0 Å². The van der Waals surface area contributed by atoms with Crippen LogP contribution < -0.4 is 20.1 Å². The summed E-state index contributed by atoms with van der Waals surface area (Å²) in [5.74, 6) is 0.0534. The standard InChI is InChI=1S/C19H29ClN4O5S/c1-3-10-22-19(26)23-30(27,28)24-12-5-4-6-15(24)9-11-21-18(25)16-13-14(20)7-8-17(16)29-2/h7-8,13,15H,3-6,9-12H2,1-2H3,(H,21,25)(H2,22,23,26). The number of hydrogen-bond donors (Lipinski definition) is 3. The van der Waals surface area contributed by atoms with Crippen LogP contribution >= 0.6 is 11.6 Å². The smallest absolute Gasteiger partial charge is 0.329 e. The second-order valence-corrected chi connectivity index (χ2v) is 9.07. The molecule has 1 fully saturated rings. The van der Waals surface area contributed by atoms with Gasteiger partial charge in [0.2, 0.25) is 0 Å². The van der Waals surface area contributed by atoms with E-state index in [1.165, 1.54) is 17.5 Å². The predicted octanol–water partition coefficient (Wildman–Crippen LogP) is 2.28. The maximum atomic E-state index is 12.6. The van der Waals surface area contributed by atoms with Gasteiger partial charge in [0.25, 0.3) is 5.91 Å². The van der Waals surface area contributed by atoms with Crippen molar-refractivity contribution in [1.82, 2.24) is 19.7 Å². The van der Waals surface area contributed by atoms with E-state index >= 15 is 0 Å². The highest BCUT2D eigenvalue weighted by atomic mass is 35.5. The van der Waals surface area contributed by atoms with E-state index in [0.29, 0.717) is 48.7 Å². The molecule has 1 aliphatic heterocycles. The summed E-state index contributed by atoms with van der Waals surface area (Å²) >= 11 is 5.97. The SMILES string of the molecule is CCCNC(=O)NS(=O)(=O)N1CCCCC1CCNC(=O)c1cc(Cl)ccc1OC. The molecule has 2 rings (SSSR count). The van der Waals surface area contributed by atoms with Crippen LogP contribution in [0.4, 0.5) is 4.79 Å². The first kappa shape index (κ1) is 24.2. The van der Waals surface area contributed by atoms with E-state index < -0.39 is 16.2 Å². The molecular formula is C19H29ClN4O5S. The summed E-state index contributed by atoms with van der Waals surface area (Å²) in [5.41, 5.74) is 0.312. The molecule has 9 nitrogen and oxygen atoms in total. The van der Waals surface area contributed by atoms with Crippen LogP contribution in [0.5, 0.6) is 5.75 Å². The molecule has 0 aromatic heterocycles. The first-order valence-electron chi connectivity index (χ1n) is 9.97. The number of nitrogens with zero attached hydrogens (tertiary/aromatic N) is 1. The molecular weight excluding hydrogens is 432 g/mol. The molecule has 1 saturated heterocycles. The van der Waals surface area contributed by atoms with E-state index in [2.05, 4.69) is 15.4 Å². The average molecular weight is 461 g/mol. The molecule has 1 unspecified atom stereocenters. The number of rotatable bonds is 9. The molecule has 1 heterocycles. The number of piperidine rings is 1. The topological polar surface area (TPSA) is 117 Å². The number of amides is 3. The Kier molecular flexibility index (Phi) is 9.19. The maximum absolute atomic E-state index is 12.6. The van der Waals surface area contributed by atoms with Crippen LogP contribution in [0.15, 0.2) is 18.2 Å². The number of ether oxygens (including phenoxy) is 1. The minimum absolute atomic E-state index is 0.271. The highest BCUT2D eigenvalue weighted by Crippen LogP contribution is 2.24. The second kappa shape index (κ2) is 11.4. The van der Waals surface area contributed by atoms with Crippen molar-refractivity contribution in [3.05, 3.63) is 28.8 Å². The van der Waals surface area contributed by atoms with Gasteiger partial charge in [0.15, 0.2) is 0 Å². The van der Waals surface area contributed by atoms with Crippen molar-refractivity contribution in [3.8, 4) is 5.75 Å². The zero-order chi connectivity index (χ0) is 22.1. The lowest BCUT2D eigenvalue weighted by atomic mass is 10.0. The van der Waals surface area contributed by atoms with Gasteiger partial charge in [-0.2, -0.15) is 12.7 Å². The Labute approximate surface area is 182 Å². The van der Waals surface area contributed by atoms with E-state index in [4.69, 9.17) is 16.3 Å². The number of hydrogen-bond acceptors (Lipinski definition) is 5. The number of nitrogens with one attached hydrogen (secondary N) is 3. The van der Waals surface area contributed by atoms with Crippen molar-refractivity contribution in [2.24, 2.45) is 0 Å². The number of carbonyl (C=O) groups is 2. The summed E-state index contributed by atoms with van der Waals surface area (Å²) in [6, 6.07) is 3.72. The fourth-order valence-electron chi connectivity index (χ4n) is 3.33. The third-order valence-electron chi connectivity index (χ3n) is 4.81. The second-order valence-electron chi connectivity index (χ2n) is 7.01. The Morgan fingerprint density at radius 1 is 1.23 bits per heavy atom. The fourth-order valence-corrected chi connectivity index (χ4v) is 4.90. The number of methoxy groups -OCH3 is 1. The number of benzene rings is 1. The van der Waals surface area contributed by atoms with Crippen LogP contribution in [0.2, 0.25) is 5.02 Å². The summed E-state index contributed by atoms with van der Waals surface area (Å²) in [6.07, 6.45) is 3.39. The molecule has 1 aromatic carbocycles. The van der Waals surface area contributed by atoms with E-state index in [-0.39, 0.29) is 18.5 Å². The summed E-state index contributed by atoms with van der Waals surface area (Å²) in [7, 11) is -2.49. The Balaban J connectivity index is 1.97. The summed E-state index contributed by atoms with van der Waals surface area (Å²) in [5, 5.41) is 5.70. The minimum atomic E-state index is -3.96. The molecule has 0 aliphatic carbocycles. The molecule has 0 saturated carbocycles. The van der Waals surface area contributed by atoms with Gasteiger partial charge in [-0.05, 0) is 43.9 Å². The van der Waals surface area contributed by atoms with Gasteiger partial charge in [-0.1, -0.05) is 24.9 Å². The van der Waals surface area contributed by atoms with Crippen molar-refractivity contribution in [2.45, 2.75) is 45.1 Å². The van der Waals surface area contributed by atoms with Crippen molar-refractivity contribution in [1.29, 1.82) is 0 Å². The van der Waals surface area contributed by atoms with Gasteiger partial charge in [-0.15, -0.1) is 0 Å². The number of halogens is 1. The lowest BCUT2D eigenvalue weighted by molar-refractivity contribution is 0.0946. The molecule has 1 atom stereocenters. The largest absolute Gasteiger partial charge is 0.496 e. The first-order chi connectivity index (χ1) is 14.3. The monoisotopic (exact) mass is 460 g/mol.